The minimum Gasteiger partial charge on any atom is -0.492 e. The largest absolute Gasteiger partial charge is 0.492 e. The molecule has 17 heavy (non-hydrogen) atoms. The first-order chi connectivity index (χ1) is 8.16. The van der Waals surface area contributed by atoms with E-state index in [-0.39, 0.29) is 0 Å². The molecule has 4 heteroatoms. The van der Waals surface area contributed by atoms with Gasteiger partial charge in [0, 0.05) is 0 Å². The molecule has 0 aliphatic carbocycles. The van der Waals surface area contributed by atoms with Crippen LogP contribution in [-0.4, -0.2) is 6.61 Å². The Bertz CT molecular complexity index is 353. The molecule has 0 bridgehead atoms. The molecule has 96 valence electrons. The van der Waals surface area contributed by atoms with Crippen LogP contribution in [0.2, 0.25) is 15.1 Å². The van der Waals surface area contributed by atoms with Gasteiger partial charge in [0.15, 0.2) is 0 Å². The van der Waals surface area contributed by atoms with Gasteiger partial charge in [-0.15, -0.1) is 0 Å². The lowest BCUT2D eigenvalue weighted by molar-refractivity contribution is 0.305. The second-order valence-electron chi connectivity index (χ2n) is 3.94. The van der Waals surface area contributed by atoms with Crippen molar-refractivity contribution in [2.75, 3.05) is 6.61 Å². The Kier molecular flexibility index (Phi) is 7.10. The number of ether oxygens (including phenoxy) is 1. The Morgan fingerprint density at radius 2 is 1.65 bits per heavy atom. The Balaban J connectivity index is 2.35. The van der Waals surface area contributed by atoms with Crippen LogP contribution in [0.3, 0.4) is 0 Å². The lowest BCUT2D eigenvalue weighted by Gasteiger charge is -2.09. The van der Waals surface area contributed by atoms with Crippen molar-refractivity contribution >= 4 is 34.8 Å². The SMILES string of the molecule is CCCCCCCOc1ccc(Cl)c(Cl)c1Cl. The molecule has 0 spiro atoms. The summed E-state index contributed by atoms with van der Waals surface area (Å²) in [4.78, 5) is 0. The highest BCUT2D eigenvalue weighted by Crippen LogP contribution is 2.37. The molecule has 0 fully saturated rings. The van der Waals surface area contributed by atoms with Gasteiger partial charge in [-0.2, -0.15) is 0 Å². The zero-order chi connectivity index (χ0) is 12.7. The van der Waals surface area contributed by atoms with E-state index in [0.717, 1.165) is 6.42 Å². The fraction of sp³-hybridized carbons (Fsp3) is 0.538. The standard InChI is InChI=1S/C13H17Cl3O/c1-2-3-4-5-6-9-17-11-8-7-10(14)12(15)13(11)16/h7-8H,2-6,9H2,1H3. The molecule has 1 rings (SSSR count). The van der Waals surface area contributed by atoms with Crippen molar-refractivity contribution in [3.05, 3.63) is 27.2 Å². The Morgan fingerprint density at radius 1 is 0.941 bits per heavy atom. The van der Waals surface area contributed by atoms with Crippen LogP contribution in [0.25, 0.3) is 0 Å². The predicted molar refractivity (Wildman–Crippen MR) is 75.7 cm³/mol. The molecule has 1 aromatic carbocycles. The van der Waals surface area contributed by atoms with Crippen LogP contribution in [0.15, 0.2) is 12.1 Å². The van der Waals surface area contributed by atoms with Gasteiger partial charge in [-0.05, 0) is 18.6 Å². The molecular formula is C13H17Cl3O. The highest BCUT2D eigenvalue weighted by molar-refractivity contribution is 6.48. The van der Waals surface area contributed by atoms with Crippen molar-refractivity contribution in [3.8, 4) is 5.75 Å². The second kappa shape index (κ2) is 8.07. The van der Waals surface area contributed by atoms with Crippen LogP contribution >= 0.6 is 34.8 Å². The third-order valence-electron chi connectivity index (χ3n) is 2.51. The molecule has 0 N–H and O–H groups in total. The maximum Gasteiger partial charge on any atom is 0.139 e. The lowest BCUT2D eigenvalue weighted by atomic mass is 10.2. The molecule has 0 aliphatic rings. The summed E-state index contributed by atoms with van der Waals surface area (Å²) in [6, 6.07) is 3.45. The van der Waals surface area contributed by atoms with E-state index < -0.39 is 0 Å². The van der Waals surface area contributed by atoms with Crippen LogP contribution in [0, 0.1) is 0 Å². The van der Waals surface area contributed by atoms with Gasteiger partial charge in [-0.1, -0.05) is 67.4 Å². The smallest absolute Gasteiger partial charge is 0.139 e. The number of unbranched alkanes of at least 4 members (excludes halogenated alkanes) is 4. The topological polar surface area (TPSA) is 9.23 Å². The van der Waals surface area contributed by atoms with E-state index in [1.807, 2.05) is 0 Å². The third kappa shape index (κ3) is 4.95. The number of benzene rings is 1. The van der Waals surface area contributed by atoms with E-state index in [9.17, 15) is 0 Å². The van der Waals surface area contributed by atoms with Gasteiger partial charge in [-0.3, -0.25) is 0 Å². The molecule has 0 aromatic heterocycles. The minimum atomic E-state index is 0.358. The fourth-order valence-corrected chi connectivity index (χ4v) is 2.09. The maximum atomic E-state index is 6.02. The zero-order valence-corrected chi connectivity index (χ0v) is 12.2. The Hall–Kier alpha value is -0.110. The second-order valence-corrected chi connectivity index (χ2v) is 5.10. The molecule has 0 radical (unpaired) electrons. The van der Waals surface area contributed by atoms with Gasteiger partial charge in [0.2, 0.25) is 0 Å². The molecule has 0 amide bonds. The third-order valence-corrected chi connectivity index (χ3v) is 3.78. The van der Waals surface area contributed by atoms with E-state index in [4.69, 9.17) is 39.5 Å². The highest BCUT2D eigenvalue weighted by Gasteiger charge is 2.09. The number of hydrogen-bond acceptors (Lipinski definition) is 1. The van der Waals surface area contributed by atoms with Gasteiger partial charge >= 0.3 is 0 Å². The molecule has 1 aromatic rings. The first-order valence-corrected chi connectivity index (χ1v) is 7.06. The van der Waals surface area contributed by atoms with E-state index in [0.29, 0.717) is 27.4 Å². The molecule has 1 nitrogen and oxygen atoms in total. The van der Waals surface area contributed by atoms with Crippen molar-refractivity contribution in [3.63, 3.8) is 0 Å². The van der Waals surface area contributed by atoms with Crippen molar-refractivity contribution in [2.45, 2.75) is 39.0 Å². The maximum absolute atomic E-state index is 6.02. The molecule has 0 atom stereocenters. The highest BCUT2D eigenvalue weighted by atomic mass is 35.5. The van der Waals surface area contributed by atoms with Gasteiger partial charge in [0.05, 0.1) is 16.7 Å². The van der Waals surface area contributed by atoms with Crippen LogP contribution in [0.1, 0.15) is 39.0 Å². The number of hydrogen-bond donors (Lipinski definition) is 0. The quantitative estimate of drug-likeness (QED) is 0.443. The van der Waals surface area contributed by atoms with E-state index in [1.165, 1.54) is 25.7 Å². The molecular weight excluding hydrogens is 279 g/mol. The van der Waals surface area contributed by atoms with Crippen molar-refractivity contribution in [1.82, 2.24) is 0 Å². The Labute approximate surface area is 118 Å². The summed E-state index contributed by atoms with van der Waals surface area (Å²) >= 11 is 17.8. The normalized spacial score (nSPS) is 10.6. The van der Waals surface area contributed by atoms with E-state index in [1.54, 1.807) is 12.1 Å². The number of rotatable bonds is 7. The molecule has 0 heterocycles. The minimum absolute atomic E-state index is 0.358. The summed E-state index contributed by atoms with van der Waals surface area (Å²) in [5.41, 5.74) is 0. The summed E-state index contributed by atoms with van der Waals surface area (Å²) in [6.45, 7) is 2.87. The van der Waals surface area contributed by atoms with Gasteiger partial charge in [0.1, 0.15) is 10.8 Å². The van der Waals surface area contributed by atoms with E-state index in [2.05, 4.69) is 6.92 Å². The predicted octanol–water partition coefficient (Wildman–Crippen LogP) is 6.00. The first kappa shape index (κ1) is 14.9. The molecule has 0 saturated carbocycles. The summed E-state index contributed by atoms with van der Waals surface area (Å²) in [6.07, 6.45) is 6.02. The van der Waals surface area contributed by atoms with Gasteiger partial charge in [-0.25, -0.2) is 0 Å². The van der Waals surface area contributed by atoms with Gasteiger partial charge in [0.25, 0.3) is 0 Å². The summed E-state index contributed by atoms with van der Waals surface area (Å²) < 4.78 is 5.58. The van der Waals surface area contributed by atoms with Crippen molar-refractivity contribution in [2.24, 2.45) is 0 Å². The van der Waals surface area contributed by atoms with Crippen LogP contribution in [0.4, 0.5) is 0 Å². The van der Waals surface area contributed by atoms with E-state index >= 15 is 0 Å². The van der Waals surface area contributed by atoms with Crippen LogP contribution < -0.4 is 4.74 Å². The summed E-state index contributed by atoms with van der Waals surface area (Å²) in [5.74, 6) is 0.608. The van der Waals surface area contributed by atoms with Crippen molar-refractivity contribution < 1.29 is 4.74 Å². The average Bonchev–Trinajstić information content (AvgIpc) is 2.33. The van der Waals surface area contributed by atoms with Gasteiger partial charge < -0.3 is 4.74 Å². The summed E-state index contributed by atoms with van der Waals surface area (Å²) in [7, 11) is 0. The molecule has 0 unspecified atom stereocenters. The molecule has 0 saturated heterocycles. The van der Waals surface area contributed by atoms with Crippen LogP contribution in [0.5, 0.6) is 5.75 Å². The Morgan fingerprint density at radius 3 is 2.35 bits per heavy atom. The first-order valence-electron chi connectivity index (χ1n) is 5.93. The molecule has 0 aliphatic heterocycles. The van der Waals surface area contributed by atoms with Crippen molar-refractivity contribution in [1.29, 1.82) is 0 Å². The van der Waals surface area contributed by atoms with Crippen LogP contribution in [-0.2, 0) is 0 Å². The summed E-state index contributed by atoms with van der Waals surface area (Å²) in [5, 5.41) is 1.21. The number of halogens is 3. The lowest BCUT2D eigenvalue weighted by Crippen LogP contribution is -1.98. The monoisotopic (exact) mass is 294 g/mol. The average molecular weight is 296 g/mol. The fourth-order valence-electron chi connectivity index (χ4n) is 1.51. The zero-order valence-electron chi connectivity index (χ0n) is 9.94.